The second kappa shape index (κ2) is 14.7. The zero-order valence-corrected chi connectivity index (χ0v) is 29.8. The van der Waals surface area contributed by atoms with Crippen LogP contribution in [0.2, 0.25) is 10.0 Å². The molecule has 1 aliphatic rings. The van der Waals surface area contributed by atoms with E-state index in [9.17, 15) is 13.2 Å². The number of aryl methyl sites for hydroxylation is 1. The van der Waals surface area contributed by atoms with Crippen molar-refractivity contribution in [1.82, 2.24) is 19.4 Å². The lowest BCUT2D eigenvalue weighted by Gasteiger charge is -2.34. The van der Waals surface area contributed by atoms with Crippen molar-refractivity contribution < 1.29 is 22.7 Å². The Kier molecular flexibility index (Phi) is 10.4. The molecule has 5 aromatic rings. The van der Waals surface area contributed by atoms with Crippen molar-refractivity contribution in [2.75, 3.05) is 44.1 Å². The molecular weight excluding hydrogens is 685 g/mol. The summed E-state index contributed by atoms with van der Waals surface area (Å²) < 4.78 is 41.0. The summed E-state index contributed by atoms with van der Waals surface area (Å²) in [5, 5.41) is 1.33. The Morgan fingerprint density at radius 1 is 0.898 bits per heavy atom. The van der Waals surface area contributed by atoms with Crippen LogP contribution in [-0.2, 0) is 23.6 Å². The van der Waals surface area contributed by atoms with E-state index in [1.807, 2.05) is 52.9 Å². The molecule has 3 heterocycles. The van der Waals surface area contributed by atoms with E-state index in [2.05, 4.69) is 28.9 Å². The lowest BCUT2D eigenvalue weighted by atomic mass is 10.2. The molecule has 0 radical (unpaired) electrons. The van der Waals surface area contributed by atoms with Crippen LogP contribution < -0.4 is 13.8 Å². The van der Waals surface area contributed by atoms with Crippen LogP contribution in [-0.4, -0.2) is 73.5 Å². The van der Waals surface area contributed by atoms with E-state index in [-0.39, 0.29) is 26.7 Å². The number of hydrogen-bond donors (Lipinski definition) is 0. The molecule has 0 unspecified atom stereocenters. The minimum absolute atomic E-state index is 0.00422. The molecule has 1 saturated heterocycles. The molecule has 13 heteroatoms. The van der Waals surface area contributed by atoms with Gasteiger partial charge in [-0.25, -0.2) is 13.4 Å². The molecule has 0 bridgehead atoms. The van der Waals surface area contributed by atoms with E-state index in [4.69, 9.17) is 32.7 Å². The summed E-state index contributed by atoms with van der Waals surface area (Å²) in [6, 6.07) is 23.1. The van der Waals surface area contributed by atoms with Crippen molar-refractivity contribution in [2.45, 2.75) is 24.8 Å². The first-order chi connectivity index (χ1) is 23.5. The number of sulfonamides is 1. The first-order valence-electron chi connectivity index (χ1n) is 15.9. The lowest BCUT2D eigenvalue weighted by molar-refractivity contribution is 0.0619. The molecule has 10 nitrogen and oxygen atoms in total. The third-order valence-corrected chi connectivity index (χ3v) is 11.1. The molecule has 1 aliphatic heterocycles. The molecule has 0 spiro atoms. The number of rotatable bonds is 11. The van der Waals surface area contributed by atoms with Crippen LogP contribution in [0.1, 0.15) is 29.4 Å². The highest BCUT2D eigenvalue weighted by Gasteiger charge is 2.25. The molecule has 1 fully saturated rings. The lowest BCUT2D eigenvalue weighted by Crippen LogP contribution is -2.48. The standard InChI is InChI=1S/C36H37Cl2N5O5S/c1-4-19-47-28-9-5-25(6-10-28)24-42-15-17-43(18-16-42)36(44)34-20-26-7-11-29(21-33(26)40(34)2)48-35-14-8-27(23-39-35)41(3)49(45,46)30-12-13-31(37)32(38)22-30/h5-14,20-23H,4,15-19,24H2,1-3H3. The molecule has 0 atom stereocenters. The number of hydrogen-bond acceptors (Lipinski definition) is 7. The van der Waals surface area contributed by atoms with E-state index in [0.717, 1.165) is 47.0 Å². The zero-order chi connectivity index (χ0) is 34.7. The van der Waals surface area contributed by atoms with Crippen LogP contribution in [0.4, 0.5) is 5.69 Å². The Hall–Kier alpha value is -4.29. The summed E-state index contributed by atoms with van der Waals surface area (Å²) in [4.78, 5) is 22.2. The molecule has 0 N–H and O–H groups in total. The quantitative estimate of drug-likeness (QED) is 0.142. The Bertz CT molecular complexity index is 2060. The van der Waals surface area contributed by atoms with Crippen molar-refractivity contribution in [3.05, 3.63) is 106 Å². The van der Waals surface area contributed by atoms with Crippen LogP contribution >= 0.6 is 23.2 Å². The SMILES string of the molecule is CCCOc1ccc(CN2CCN(C(=O)c3cc4ccc(Oc5ccc(N(C)S(=O)(=O)c6ccc(Cl)c(Cl)c6)cn5)cc4n3C)CC2)cc1. The number of anilines is 1. The molecule has 0 saturated carbocycles. The van der Waals surface area contributed by atoms with E-state index in [0.29, 0.717) is 36.8 Å². The fraction of sp³-hybridized carbons (Fsp3) is 0.278. The second-order valence-electron chi connectivity index (χ2n) is 11.9. The number of carbonyl (C=O) groups is 1. The van der Waals surface area contributed by atoms with Gasteiger partial charge in [0.15, 0.2) is 0 Å². The first-order valence-corrected chi connectivity index (χ1v) is 18.1. The summed E-state index contributed by atoms with van der Waals surface area (Å²) in [7, 11) is -0.587. The average Bonchev–Trinajstić information content (AvgIpc) is 3.44. The highest BCUT2D eigenvalue weighted by atomic mass is 35.5. The number of amides is 1. The van der Waals surface area contributed by atoms with Crippen molar-refractivity contribution in [3.63, 3.8) is 0 Å². The number of ether oxygens (including phenoxy) is 2. The fourth-order valence-corrected chi connectivity index (χ4v) is 7.26. The third kappa shape index (κ3) is 7.65. The summed E-state index contributed by atoms with van der Waals surface area (Å²) in [5.74, 6) is 1.70. The van der Waals surface area contributed by atoms with Gasteiger partial charge in [0.05, 0.1) is 38.9 Å². The van der Waals surface area contributed by atoms with Crippen molar-refractivity contribution >= 4 is 55.7 Å². The second-order valence-corrected chi connectivity index (χ2v) is 14.7. The maximum Gasteiger partial charge on any atom is 0.270 e. The van der Waals surface area contributed by atoms with Gasteiger partial charge < -0.3 is 18.9 Å². The predicted molar refractivity (Wildman–Crippen MR) is 193 cm³/mol. The Balaban J connectivity index is 1.07. The zero-order valence-electron chi connectivity index (χ0n) is 27.5. The predicted octanol–water partition coefficient (Wildman–Crippen LogP) is 7.24. The summed E-state index contributed by atoms with van der Waals surface area (Å²) >= 11 is 12.0. The molecule has 49 heavy (non-hydrogen) atoms. The van der Waals surface area contributed by atoms with Gasteiger partial charge >= 0.3 is 0 Å². The van der Waals surface area contributed by atoms with Gasteiger partial charge in [0.25, 0.3) is 15.9 Å². The van der Waals surface area contributed by atoms with Gasteiger partial charge in [0, 0.05) is 64.3 Å². The number of piperazine rings is 1. The van der Waals surface area contributed by atoms with Crippen molar-refractivity contribution in [3.8, 4) is 17.4 Å². The maximum atomic E-state index is 13.6. The van der Waals surface area contributed by atoms with Crippen LogP contribution in [0.25, 0.3) is 10.9 Å². The molecule has 6 rings (SSSR count). The Morgan fingerprint density at radius 3 is 2.31 bits per heavy atom. The van der Waals surface area contributed by atoms with Gasteiger partial charge in [-0.05, 0) is 66.6 Å². The molecule has 1 amide bonds. The summed E-state index contributed by atoms with van der Waals surface area (Å²) in [5.41, 5.74) is 3.01. The van der Waals surface area contributed by atoms with E-state index in [1.165, 1.54) is 37.0 Å². The number of pyridine rings is 1. The normalized spacial score (nSPS) is 13.9. The Labute approximate surface area is 296 Å². The van der Waals surface area contributed by atoms with Crippen molar-refractivity contribution in [2.24, 2.45) is 7.05 Å². The minimum Gasteiger partial charge on any atom is -0.494 e. The van der Waals surface area contributed by atoms with Gasteiger partial charge in [-0.2, -0.15) is 0 Å². The third-order valence-electron chi connectivity index (χ3n) is 8.55. The van der Waals surface area contributed by atoms with Gasteiger partial charge in [-0.1, -0.05) is 42.3 Å². The van der Waals surface area contributed by atoms with Gasteiger partial charge in [-0.3, -0.25) is 14.0 Å². The monoisotopic (exact) mass is 721 g/mol. The number of halogens is 2. The van der Waals surface area contributed by atoms with Crippen LogP contribution in [0.15, 0.2) is 90.0 Å². The van der Waals surface area contributed by atoms with E-state index < -0.39 is 10.0 Å². The molecular formula is C36H37Cl2N5O5S. The van der Waals surface area contributed by atoms with Gasteiger partial charge in [0.1, 0.15) is 17.2 Å². The Morgan fingerprint density at radius 2 is 1.63 bits per heavy atom. The largest absolute Gasteiger partial charge is 0.494 e. The molecule has 256 valence electrons. The number of aromatic nitrogens is 2. The highest BCUT2D eigenvalue weighted by Crippen LogP contribution is 2.31. The van der Waals surface area contributed by atoms with Crippen molar-refractivity contribution in [1.29, 1.82) is 0 Å². The van der Waals surface area contributed by atoms with Crippen LogP contribution in [0.5, 0.6) is 17.4 Å². The van der Waals surface area contributed by atoms with E-state index >= 15 is 0 Å². The fourth-order valence-electron chi connectivity index (χ4n) is 5.69. The maximum absolute atomic E-state index is 13.6. The number of fused-ring (bicyclic) bond motifs is 1. The molecule has 2 aromatic heterocycles. The smallest absolute Gasteiger partial charge is 0.270 e. The summed E-state index contributed by atoms with van der Waals surface area (Å²) in [6.07, 6.45) is 2.40. The number of benzene rings is 3. The molecule has 0 aliphatic carbocycles. The topological polar surface area (TPSA) is 97.2 Å². The average molecular weight is 723 g/mol. The number of nitrogens with zero attached hydrogens (tertiary/aromatic N) is 5. The number of carbonyl (C=O) groups excluding carboxylic acids is 1. The summed E-state index contributed by atoms with van der Waals surface area (Å²) in [6.45, 7) is 6.53. The first kappa shape index (κ1) is 34.6. The highest BCUT2D eigenvalue weighted by molar-refractivity contribution is 7.92. The van der Waals surface area contributed by atoms with E-state index in [1.54, 1.807) is 12.1 Å². The minimum atomic E-state index is -3.90. The van der Waals surface area contributed by atoms with Gasteiger partial charge in [0.2, 0.25) is 5.88 Å². The van der Waals surface area contributed by atoms with Crippen LogP contribution in [0, 0.1) is 0 Å². The van der Waals surface area contributed by atoms with Gasteiger partial charge in [-0.15, -0.1) is 0 Å². The molecule has 3 aromatic carbocycles. The van der Waals surface area contributed by atoms with Crippen LogP contribution in [0.3, 0.4) is 0 Å².